The molecule has 3 aromatic rings. The Hall–Kier alpha value is -3.51. The molecule has 0 saturated heterocycles. The molecule has 0 atom stereocenters. The first kappa shape index (κ1) is 26.1. The quantitative estimate of drug-likeness (QED) is 0.233. The average Bonchev–Trinajstić information content (AvgIpc) is 2.86. The number of carbonyl (C=O) groups excluding carboxylic acids is 2. The number of carbonyl (C=O) groups is 2. The smallest absolute Gasteiger partial charge is 0.338 e. The van der Waals surface area contributed by atoms with E-state index in [2.05, 4.69) is 5.32 Å². The lowest BCUT2D eigenvalue weighted by molar-refractivity contribution is 0.0499. The maximum Gasteiger partial charge on any atom is 0.338 e. The van der Waals surface area contributed by atoms with Crippen molar-refractivity contribution in [3.8, 4) is 11.5 Å². The largest absolute Gasteiger partial charge is 0.493 e. The molecule has 35 heavy (non-hydrogen) atoms. The molecule has 0 aromatic heterocycles. The summed E-state index contributed by atoms with van der Waals surface area (Å²) < 4.78 is 16.9. The molecule has 6 nitrogen and oxygen atoms in total. The molecule has 0 spiro atoms. The highest BCUT2D eigenvalue weighted by Crippen LogP contribution is 2.26. The highest BCUT2D eigenvalue weighted by molar-refractivity contribution is 6.31. The predicted molar refractivity (Wildman–Crippen MR) is 138 cm³/mol. The van der Waals surface area contributed by atoms with Crippen molar-refractivity contribution in [3.05, 3.63) is 87.9 Å². The average molecular weight is 496 g/mol. The third-order valence-electron chi connectivity index (χ3n) is 5.26. The van der Waals surface area contributed by atoms with Gasteiger partial charge in [0.1, 0.15) is 18.1 Å². The van der Waals surface area contributed by atoms with E-state index in [9.17, 15) is 9.59 Å². The van der Waals surface area contributed by atoms with Crippen LogP contribution in [0.3, 0.4) is 0 Å². The van der Waals surface area contributed by atoms with E-state index in [0.717, 1.165) is 24.0 Å². The molecule has 3 aromatic carbocycles. The summed E-state index contributed by atoms with van der Waals surface area (Å²) in [6.45, 7) is 6.96. The van der Waals surface area contributed by atoms with E-state index >= 15 is 0 Å². The van der Waals surface area contributed by atoms with Crippen LogP contribution in [0.5, 0.6) is 11.5 Å². The van der Waals surface area contributed by atoms with Crippen LogP contribution >= 0.6 is 11.6 Å². The number of halogens is 1. The third-order valence-corrected chi connectivity index (χ3v) is 5.68. The minimum atomic E-state index is -0.372. The van der Waals surface area contributed by atoms with Crippen LogP contribution in [-0.2, 0) is 11.3 Å². The first-order valence-electron chi connectivity index (χ1n) is 11.6. The minimum absolute atomic E-state index is 0.229. The Balaban J connectivity index is 1.68. The molecular formula is C28H30ClNO5. The van der Waals surface area contributed by atoms with Crippen molar-refractivity contribution in [1.82, 2.24) is 0 Å². The molecule has 0 unspecified atom stereocenters. The van der Waals surface area contributed by atoms with Crippen molar-refractivity contribution in [1.29, 1.82) is 0 Å². The number of hydrogen-bond acceptors (Lipinski definition) is 5. The van der Waals surface area contributed by atoms with Crippen molar-refractivity contribution >= 4 is 29.2 Å². The van der Waals surface area contributed by atoms with Crippen molar-refractivity contribution in [2.75, 3.05) is 18.5 Å². The summed E-state index contributed by atoms with van der Waals surface area (Å²) in [5.41, 5.74) is 3.14. The van der Waals surface area contributed by atoms with Crippen LogP contribution in [0, 0.1) is 6.92 Å². The highest BCUT2D eigenvalue weighted by Gasteiger charge is 2.13. The van der Waals surface area contributed by atoms with E-state index in [1.165, 1.54) is 0 Å². The monoisotopic (exact) mass is 495 g/mol. The summed E-state index contributed by atoms with van der Waals surface area (Å²) in [7, 11) is 0. The number of benzene rings is 3. The highest BCUT2D eigenvalue weighted by atomic mass is 35.5. The Labute approximate surface area is 211 Å². The number of ether oxygens (including phenoxy) is 3. The Morgan fingerprint density at radius 1 is 0.914 bits per heavy atom. The molecule has 1 amide bonds. The number of anilines is 1. The van der Waals surface area contributed by atoms with E-state index in [4.69, 9.17) is 25.8 Å². The molecule has 7 heteroatoms. The van der Waals surface area contributed by atoms with E-state index in [-0.39, 0.29) is 18.5 Å². The zero-order valence-corrected chi connectivity index (χ0v) is 21.0. The van der Waals surface area contributed by atoms with Gasteiger partial charge in [0.2, 0.25) is 0 Å². The summed E-state index contributed by atoms with van der Waals surface area (Å²) in [6, 6.07) is 17.3. The Morgan fingerprint density at radius 2 is 1.66 bits per heavy atom. The van der Waals surface area contributed by atoms with E-state index < -0.39 is 0 Å². The van der Waals surface area contributed by atoms with Gasteiger partial charge in [0.25, 0.3) is 5.91 Å². The summed E-state index contributed by atoms with van der Waals surface area (Å²) in [5, 5.41) is 3.53. The molecule has 0 radical (unpaired) electrons. The molecule has 0 bridgehead atoms. The molecule has 0 aliphatic carbocycles. The summed E-state index contributed by atoms with van der Waals surface area (Å²) >= 11 is 6.09. The van der Waals surface area contributed by atoms with Crippen LogP contribution in [-0.4, -0.2) is 25.1 Å². The number of rotatable bonds is 11. The molecule has 0 aliphatic rings. The van der Waals surface area contributed by atoms with Gasteiger partial charge in [-0.2, -0.15) is 0 Å². The lowest BCUT2D eigenvalue weighted by atomic mass is 10.1. The van der Waals surface area contributed by atoms with Crippen LogP contribution in [0.2, 0.25) is 5.02 Å². The first-order chi connectivity index (χ1) is 16.9. The zero-order valence-electron chi connectivity index (χ0n) is 20.2. The Bertz CT molecular complexity index is 1160. The number of hydrogen-bond donors (Lipinski definition) is 1. The van der Waals surface area contributed by atoms with Gasteiger partial charge < -0.3 is 19.5 Å². The minimum Gasteiger partial charge on any atom is -0.493 e. The fourth-order valence-electron chi connectivity index (χ4n) is 3.28. The van der Waals surface area contributed by atoms with Crippen LogP contribution in [0.1, 0.15) is 58.5 Å². The molecule has 0 heterocycles. The second kappa shape index (κ2) is 12.8. The van der Waals surface area contributed by atoms with E-state index in [0.29, 0.717) is 46.5 Å². The molecule has 0 aliphatic heterocycles. The number of aryl methyl sites for hydroxylation is 1. The maximum atomic E-state index is 12.9. The van der Waals surface area contributed by atoms with Gasteiger partial charge in [0, 0.05) is 21.8 Å². The fraction of sp³-hybridized carbons (Fsp3) is 0.286. The van der Waals surface area contributed by atoms with Crippen molar-refractivity contribution < 1.29 is 23.8 Å². The van der Waals surface area contributed by atoms with Crippen LogP contribution in [0.25, 0.3) is 0 Å². The molecular weight excluding hydrogens is 466 g/mol. The van der Waals surface area contributed by atoms with Gasteiger partial charge in [0.05, 0.1) is 18.8 Å². The second-order valence-electron chi connectivity index (χ2n) is 7.98. The number of nitrogens with one attached hydrogen (secondary N) is 1. The fourth-order valence-corrected chi connectivity index (χ4v) is 3.40. The van der Waals surface area contributed by atoms with E-state index in [1.54, 1.807) is 54.6 Å². The van der Waals surface area contributed by atoms with Gasteiger partial charge in [0.15, 0.2) is 0 Å². The summed E-state index contributed by atoms with van der Waals surface area (Å²) in [4.78, 5) is 24.9. The number of unbranched alkanes of at least 4 members (excludes halogenated alkanes) is 1. The lowest BCUT2D eigenvalue weighted by Gasteiger charge is -2.14. The SMILES string of the molecule is CCCCOC(=O)c1ccc(NC(=O)c2ccc(OCC)c(COc3ccc(Cl)c(C)c3)c2)cc1. The molecule has 3 rings (SSSR count). The van der Waals surface area contributed by atoms with Crippen molar-refractivity contribution in [2.24, 2.45) is 0 Å². The number of amides is 1. The van der Waals surface area contributed by atoms with Gasteiger partial charge >= 0.3 is 5.97 Å². The van der Waals surface area contributed by atoms with Crippen LogP contribution < -0.4 is 14.8 Å². The van der Waals surface area contributed by atoms with Crippen molar-refractivity contribution in [2.45, 2.75) is 40.2 Å². The van der Waals surface area contributed by atoms with E-state index in [1.807, 2.05) is 26.8 Å². The zero-order chi connectivity index (χ0) is 25.2. The lowest BCUT2D eigenvalue weighted by Crippen LogP contribution is -2.13. The summed E-state index contributed by atoms with van der Waals surface area (Å²) in [5.74, 6) is 0.677. The Kier molecular flexibility index (Phi) is 9.56. The van der Waals surface area contributed by atoms with Gasteiger partial charge in [-0.3, -0.25) is 4.79 Å². The standard InChI is InChI=1S/C28H30ClNO5/c1-4-6-15-34-28(32)20-7-10-23(11-8-20)30-27(31)21-9-14-26(33-5-2)22(17-21)18-35-24-12-13-25(29)19(3)16-24/h7-14,16-17H,4-6,15,18H2,1-3H3,(H,30,31). The predicted octanol–water partition coefficient (Wildman–Crippen LogP) is 6.84. The normalized spacial score (nSPS) is 10.5. The molecule has 184 valence electrons. The van der Waals surface area contributed by atoms with Crippen LogP contribution in [0.15, 0.2) is 60.7 Å². The molecule has 1 N–H and O–H groups in total. The van der Waals surface area contributed by atoms with Crippen molar-refractivity contribution in [3.63, 3.8) is 0 Å². The Morgan fingerprint density at radius 3 is 2.34 bits per heavy atom. The van der Waals surface area contributed by atoms with Gasteiger partial charge in [-0.15, -0.1) is 0 Å². The van der Waals surface area contributed by atoms with Gasteiger partial charge in [-0.25, -0.2) is 4.79 Å². The van der Waals surface area contributed by atoms with Crippen LogP contribution in [0.4, 0.5) is 5.69 Å². The number of esters is 1. The first-order valence-corrected chi connectivity index (χ1v) is 12.0. The third kappa shape index (κ3) is 7.49. The topological polar surface area (TPSA) is 73.9 Å². The van der Waals surface area contributed by atoms with Gasteiger partial charge in [-0.1, -0.05) is 24.9 Å². The second-order valence-corrected chi connectivity index (χ2v) is 8.38. The molecule has 0 saturated carbocycles. The van der Waals surface area contributed by atoms with Gasteiger partial charge in [-0.05, 0) is 86.5 Å². The maximum absolute atomic E-state index is 12.9. The molecule has 0 fully saturated rings. The summed E-state index contributed by atoms with van der Waals surface area (Å²) in [6.07, 6.45) is 1.78.